The van der Waals surface area contributed by atoms with Crippen molar-refractivity contribution in [2.24, 2.45) is 5.73 Å². The molecular formula is C14H22N4O2. The van der Waals surface area contributed by atoms with Gasteiger partial charge in [-0.15, -0.1) is 0 Å². The number of nitrogens with zero attached hydrogens (tertiary/aromatic N) is 3. The van der Waals surface area contributed by atoms with Crippen LogP contribution in [0.1, 0.15) is 38.2 Å². The highest BCUT2D eigenvalue weighted by Crippen LogP contribution is 2.28. The first-order chi connectivity index (χ1) is 9.52. The lowest BCUT2D eigenvalue weighted by Gasteiger charge is -2.36. The lowest BCUT2D eigenvalue weighted by atomic mass is 9.90. The number of aryl methyl sites for hydroxylation is 1. The standard InChI is InChI=1S/C14H22N4O2/c1-3-17(12-6-4-11(15)5-7-12)14-8-13(18(19)20)10(2)9-16-14/h8-9,11-12H,3-7,15H2,1-2H3. The van der Waals surface area contributed by atoms with Gasteiger partial charge in [0.1, 0.15) is 5.82 Å². The van der Waals surface area contributed by atoms with Gasteiger partial charge in [0, 0.05) is 30.4 Å². The van der Waals surface area contributed by atoms with Gasteiger partial charge in [-0.1, -0.05) is 0 Å². The van der Waals surface area contributed by atoms with Crippen LogP contribution in [0.3, 0.4) is 0 Å². The van der Waals surface area contributed by atoms with Crippen molar-refractivity contribution in [1.29, 1.82) is 0 Å². The summed E-state index contributed by atoms with van der Waals surface area (Å²) in [4.78, 5) is 17.2. The Morgan fingerprint density at radius 1 is 1.45 bits per heavy atom. The maximum absolute atomic E-state index is 11.0. The molecule has 2 N–H and O–H groups in total. The second-order valence-electron chi connectivity index (χ2n) is 5.44. The van der Waals surface area contributed by atoms with Gasteiger partial charge in [-0.05, 0) is 39.5 Å². The van der Waals surface area contributed by atoms with Crippen molar-refractivity contribution < 1.29 is 4.92 Å². The molecule has 0 atom stereocenters. The van der Waals surface area contributed by atoms with E-state index in [1.807, 2.05) is 0 Å². The number of hydrogen-bond donors (Lipinski definition) is 1. The van der Waals surface area contributed by atoms with Gasteiger partial charge < -0.3 is 10.6 Å². The third-order valence-corrected chi connectivity index (χ3v) is 4.07. The molecule has 1 aromatic heterocycles. The fourth-order valence-electron chi connectivity index (χ4n) is 2.88. The molecule has 1 heterocycles. The highest BCUT2D eigenvalue weighted by molar-refractivity contribution is 5.51. The number of rotatable bonds is 4. The van der Waals surface area contributed by atoms with Gasteiger partial charge in [0.05, 0.1) is 11.0 Å². The van der Waals surface area contributed by atoms with Crippen LogP contribution in [0, 0.1) is 17.0 Å². The molecule has 2 rings (SSSR count). The molecule has 1 fully saturated rings. The third-order valence-electron chi connectivity index (χ3n) is 4.07. The van der Waals surface area contributed by atoms with E-state index >= 15 is 0 Å². The third kappa shape index (κ3) is 3.07. The number of pyridine rings is 1. The normalized spacial score (nSPS) is 22.6. The van der Waals surface area contributed by atoms with Crippen LogP contribution in [0.2, 0.25) is 0 Å². The fraction of sp³-hybridized carbons (Fsp3) is 0.643. The SMILES string of the molecule is CCN(c1cc([N+](=O)[O-])c(C)cn1)C1CCC(N)CC1. The quantitative estimate of drug-likeness (QED) is 0.675. The van der Waals surface area contributed by atoms with Crippen LogP contribution in [0.25, 0.3) is 0 Å². The number of anilines is 1. The van der Waals surface area contributed by atoms with Crippen LogP contribution in [0.4, 0.5) is 11.5 Å². The van der Waals surface area contributed by atoms with Gasteiger partial charge in [0.15, 0.2) is 0 Å². The predicted octanol–water partition coefficient (Wildman–Crippen LogP) is 2.39. The summed E-state index contributed by atoms with van der Waals surface area (Å²) in [5.41, 5.74) is 6.67. The molecule has 0 amide bonds. The first kappa shape index (κ1) is 14.7. The zero-order valence-corrected chi connectivity index (χ0v) is 12.1. The zero-order valence-electron chi connectivity index (χ0n) is 12.1. The number of nitrogens with two attached hydrogens (primary N) is 1. The Morgan fingerprint density at radius 3 is 2.65 bits per heavy atom. The van der Waals surface area contributed by atoms with E-state index < -0.39 is 0 Å². The molecule has 0 aliphatic heterocycles. The minimum absolute atomic E-state index is 0.140. The highest BCUT2D eigenvalue weighted by atomic mass is 16.6. The van der Waals surface area contributed by atoms with Crippen molar-refractivity contribution in [3.05, 3.63) is 27.9 Å². The first-order valence-electron chi connectivity index (χ1n) is 7.16. The van der Waals surface area contributed by atoms with Gasteiger partial charge >= 0.3 is 0 Å². The van der Waals surface area contributed by atoms with Crippen molar-refractivity contribution in [3.8, 4) is 0 Å². The van der Waals surface area contributed by atoms with Gasteiger partial charge in [-0.25, -0.2) is 4.98 Å². The summed E-state index contributed by atoms with van der Waals surface area (Å²) in [6.07, 6.45) is 5.66. The maximum atomic E-state index is 11.0. The Hall–Kier alpha value is -1.69. The molecule has 0 unspecified atom stereocenters. The number of nitro groups is 1. The molecule has 0 spiro atoms. The van der Waals surface area contributed by atoms with E-state index in [0.29, 0.717) is 23.5 Å². The topological polar surface area (TPSA) is 85.3 Å². The summed E-state index contributed by atoms with van der Waals surface area (Å²) in [6, 6.07) is 2.27. The maximum Gasteiger partial charge on any atom is 0.277 e. The number of aromatic nitrogens is 1. The van der Waals surface area contributed by atoms with E-state index in [1.54, 1.807) is 19.2 Å². The molecule has 0 bridgehead atoms. The van der Waals surface area contributed by atoms with Crippen LogP contribution in [-0.4, -0.2) is 28.5 Å². The fourth-order valence-corrected chi connectivity index (χ4v) is 2.88. The van der Waals surface area contributed by atoms with Crippen molar-refractivity contribution in [1.82, 2.24) is 4.98 Å². The van der Waals surface area contributed by atoms with Crippen molar-refractivity contribution in [2.45, 2.75) is 51.6 Å². The second-order valence-corrected chi connectivity index (χ2v) is 5.44. The van der Waals surface area contributed by atoms with E-state index in [-0.39, 0.29) is 10.6 Å². The van der Waals surface area contributed by atoms with Crippen LogP contribution in [0.5, 0.6) is 0 Å². The summed E-state index contributed by atoms with van der Waals surface area (Å²) in [5.74, 6) is 0.699. The number of hydrogen-bond acceptors (Lipinski definition) is 5. The van der Waals surface area contributed by atoms with Crippen molar-refractivity contribution in [2.75, 3.05) is 11.4 Å². The molecule has 20 heavy (non-hydrogen) atoms. The Labute approximate surface area is 119 Å². The lowest BCUT2D eigenvalue weighted by Crippen LogP contribution is -2.41. The molecule has 0 saturated heterocycles. The molecule has 1 aliphatic rings. The summed E-state index contributed by atoms with van der Waals surface area (Å²) in [7, 11) is 0. The Balaban J connectivity index is 2.23. The van der Waals surface area contributed by atoms with Crippen LogP contribution < -0.4 is 10.6 Å². The van der Waals surface area contributed by atoms with E-state index in [0.717, 1.165) is 32.2 Å². The smallest absolute Gasteiger partial charge is 0.277 e. The molecule has 0 radical (unpaired) electrons. The van der Waals surface area contributed by atoms with E-state index in [4.69, 9.17) is 5.73 Å². The molecule has 110 valence electrons. The summed E-state index contributed by atoms with van der Waals surface area (Å²) >= 11 is 0. The van der Waals surface area contributed by atoms with Gasteiger partial charge in [0.25, 0.3) is 5.69 Å². The summed E-state index contributed by atoms with van der Waals surface area (Å²) in [5, 5.41) is 11.0. The Bertz CT molecular complexity index is 484. The van der Waals surface area contributed by atoms with Crippen LogP contribution in [0.15, 0.2) is 12.3 Å². The van der Waals surface area contributed by atoms with Crippen molar-refractivity contribution >= 4 is 11.5 Å². The summed E-state index contributed by atoms with van der Waals surface area (Å²) < 4.78 is 0. The van der Waals surface area contributed by atoms with E-state index in [1.165, 1.54) is 0 Å². The molecule has 0 aromatic carbocycles. The zero-order chi connectivity index (χ0) is 14.7. The summed E-state index contributed by atoms with van der Waals surface area (Å²) in [6.45, 7) is 4.57. The molecule has 1 saturated carbocycles. The molecular weight excluding hydrogens is 256 g/mol. The van der Waals surface area contributed by atoms with Gasteiger partial charge in [-0.2, -0.15) is 0 Å². The Kier molecular flexibility index (Phi) is 4.54. The second kappa shape index (κ2) is 6.17. The highest BCUT2D eigenvalue weighted by Gasteiger charge is 2.25. The average molecular weight is 278 g/mol. The monoisotopic (exact) mass is 278 g/mol. The van der Waals surface area contributed by atoms with Gasteiger partial charge in [-0.3, -0.25) is 10.1 Å². The van der Waals surface area contributed by atoms with E-state index in [9.17, 15) is 10.1 Å². The van der Waals surface area contributed by atoms with Crippen LogP contribution in [-0.2, 0) is 0 Å². The lowest BCUT2D eigenvalue weighted by molar-refractivity contribution is -0.385. The Morgan fingerprint density at radius 2 is 2.10 bits per heavy atom. The molecule has 1 aliphatic carbocycles. The van der Waals surface area contributed by atoms with Crippen LogP contribution >= 0.6 is 0 Å². The largest absolute Gasteiger partial charge is 0.354 e. The van der Waals surface area contributed by atoms with Crippen molar-refractivity contribution in [3.63, 3.8) is 0 Å². The van der Waals surface area contributed by atoms with Gasteiger partial charge in [0.2, 0.25) is 0 Å². The predicted molar refractivity (Wildman–Crippen MR) is 78.9 cm³/mol. The minimum Gasteiger partial charge on any atom is -0.354 e. The molecule has 6 heteroatoms. The first-order valence-corrected chi connectivity index (χ1v) is 7.16. The average Bonchev–Trinajstić information content (AvgIpc) is 2.43. The molecule has 1 aromatic rings. The van der Waals surface area contributed by atoms with E-state index in [2.05, 4.69) is 16.8 Å². The minimum atomic E-state index is -0.342. The molecule has 6 nitrogen and oxygen atoms in total.